The van der Waals surface area contributed by atoms with Gasteiger partial charge < -0.3 is 10.8 Å². The van der Waals surface area contributed by atoms with Crippen LogP contribution in [-0.4, -0.2) is 17.1 Å². The molecule has 3 nitrogen and oxygen atoms in total. The van der Waals surface area contributed by atoms with E-state index in [-0.39, 0.29) is 17.9 Å². The fourth-order valence-electron chi connectivity index (χ4n) is 4.32. The molecule has 0 heterocycles. The summed E-state index contributed by atoms with van der Waals surface area (Å²) in [5.41, 5.74) is 5.45. The Labute approximate surface area is 83.7 Å². The standard InChI is InChI=1S/C11H17NO2/c12-11(14)9-5-1-7-3-6(9)4-8(2-5)10(7)13/h5-10,13H,1-4H2,(H2,12,14). The predicted molar refractivity (Wildman–Crippen MR) is 51.1 cm³/mol. The van der Waals surface area contributed by atoms with Gasteiger partial charge in [0, 0.05) is 5.92 Å². The van der Waals surface area contributed by atoms with Crippen LogP contribution in [0, 0.1) is 29.6 Å². The Balaban J connectivity index is 1.89. The number of hydrogen-bond acceptors (Lipinski definition) is 2. The van der Waals surface area contributed by atoms with Crippen molar-refractivity contribution in [3.63, 3.8) is 0 Å². The Bertz CT molecular complexity index is 246. The molecule has 4 saturated carbocycles. The Morgan fingerprint density at radius 2 is 1.43 bits per heavy atom. The minimum Gasteiger partial charge on any atom is -0.393 e. The van der Waals surface area contributed by atoms with Gasteiger partial charge in [-0.1, -0.05) is 0 Å². The minimum atomic E-state index is -0.103. The maximum atomic E-state index is 11.3. The SMILES string of the molecule is NC(=O)C1C2CC3CC1CC(C2)C3O. The van der Waals surface area contributed by atoms with Crippen molar-refractivity contribution in [3.8, 4) is 0 Å². The minimum absolute atomic E-state index is 0.0867. The van der Waals surface area contributed by atoms with E-state index in [9.17, 15) is 9.90 Å². The van der Waals surface area contributed by atoms with Gasteiger partial charge in [0.25, 0.3) is 0 Å². The number of hydrogen-bond donors (Lipinski definition) is 2. The van der Waals surface area contributed by atoms with E-state index >= 15 is 0 Å². The molecule has 4 aliphatic carbocycles. The second-order valence-corrected chi connectivity index (χ2v) is 5.40. The topological polar surface area (TPSA) is 63.3 Å². The van der Waals surface area contributed by atoms with Gasteiger partial charge in [-0.3, -0.25) is 4.79 Å². The molecule has 4 fully saturated rings. The average molecular weight is 195 g/mol. The zero-order chi connectivity index (χ0) is 9.87. The van der Waals surface area contributed by atoms with Crippen molar-refractivity contribution in [1.29, 1.82) is 0 Å². The number of aliphatic hydroxyl groups is 1. The Morgan fingerprint density at radius 1 is 1.00 bits per heavy atom. The smallest absolute Gasteiger partial charge is 0.221 e. The molecule has 0 radical (unpaired) electrons. The summed E-state index contributed by atoms with van der Waals surface area (Å²) in [6.07, 6.45) is 4.03. The first-order valence-corrected chi connectivity index (χ1v) is 5.64. The summed E-state index contributed by atoms with van der Waals surface area (Å²) < 4.78 is 0. The normalized spacial score (nSPS) is 54.9. The lowest BCUT2D eigenvalue weighted by atomic mass is 9.50. The average Bonchev–Trinajstić information content (AvgIpc) is 2.10. The number of carbonyl (C=O) groups excluding carboxylic acids is 1. The monoisotopic (exact) mass is 195 g/mol. The number of carbonyl (C=O) groups is 1. The third-order valence-corrected chi connectivity index (χ3v) is 4.73. The Kier molecular flexibility index (Phi) is 1.69. The number of aliphatic hydroxyl groups excluding tert-OH is 1. The van der Waals surface area contributed by atoms with Gasteiger partial charge in [-0.15, -0.1) is 0 Å². The van der Waals surface area contributed by atoms with Crippen molar-refractivity contribution < 1.29 is 9.90 Å². The van der Waals surface area contributed by atoms with E-state index in [0.29, 0.717) is 23.7 Å². The lowest BCUT2D eigenvalue weighted by molar-refractivity contribution is -0.149. The molecule has 78 valence electrons. The summed E-state index contributed by atoms with van der Waals surface area (Å²) in [6.45, 7) is 0. The van der Waals surface area contributed by atoms with E-state index in [1.54, 1.807) is 0 Å². The molecule has 4 rings (SSSR count). The molecule has 0 aliphatic heterocycles. The van der Waals surface area contributed by atoms with E-state index in [0.717, 1.165) is 25.7 Å². The van der Waals surface area contributed by atoms with Gasteiger partial charge in [0.05, 0.1) is 6.10 Å². The van der Waals surface area contributed by atoms with Crippen LogP contribution >= 0.6 is 0 Å². The lowest BCUT2D eigenvalue weighted by Gasteiger charge is -2.55. The number of rotatable bonds is 1. The molecular weight excluding hydrogens is 178 g/mol. The summed E-state index contributed by atoms with van der Waals surface area (Å²) in [6, 6.07) is 0. The van der Waals surface area contributed by atoms with Crippen LogP contribution in [0.1, 0.15) is 25.7 Å². The Hall–Kier alpha value is -0.570. The van der Waals surface area contributed by atoms with Crippen LogP contribution < -0.4 is 5.73 Å². The molecule has 4 aliphatic rings. The van der Waals surface area contributed by atoms with Crippen LogP contribution in [0.4, 0.5) is 0 Å². The van der Waals surface area contributed by atoms with Crippen LogP contribution in [0.2, 0.25) is 0 Å². The van der Waals surface area contributed by atoms with Crippen LogP contribution in [0.25, 0.3) is 0 Å². The molecule has 3 N–H and O–H groups in total. The molecule has 0 aromatic carbocycles. The molecule has 0 aromatic rings. The quantitative estimate of drug-likeness (QED) is 0.640. The van der Waals surface area contributed by atoms with Gasteiger partial charge in [0.1, 0.15) is 0 Å². The van der Waals surface area contributed by atoms with Gasteiger partial charge in [0.15, 0.2) is 0 Å². The van der Waals surface area contributed by atoms with Crippen LogP contribution in [0.3, 0.4) is 0 Å². The number of nitrogens with two attached hydrogens (primary N) is 1. The fraction of sp³-hybridized carbons (Fsp3) is 0.909. The summed E-state index contributed by atoms with van der Waals surface area (Å²) in [5.74, 6) is 1.92. The van der Waals surface area contributed by atoms with Gasteiger partial charge in [-0.05, 0) is 49.4 Å². The second kappa shape index (κ2) is 2.72. The van der Waals surface area contributed by atoms with E-state index in [2.05, 4.69) is 0 Å². The zero-order valence-corrected chi connectivity index (χ0v) is 8.23. The highest BCUT2D eigenvalue weighted by atomic mass is 16.3. The van der Waals surface area contributed by atoms with Crippen molar-refractivity contribution in [3.05, 3.63) is 0 Å². The van der Waals surface area contributed by atoms with Crippen molar-refractivity contribution in [2.75, 3.05) is 0 Å². The summed E-state index contributed by atoms with van der Waals surface area (Å²) in [7, 11) is 0. The second-order valence-electron chi connectivity index (χ2n) is 5.40. The van der Waals surface area contributed by atoms with E-state index < -0.39 is 0 Å². The molecular formula is C11H17NO2. The predicted octanol–water partition coefficient (Wildman–Crippen LogP) is 0.515. The van der Waals surface area contributed by atoms with Crippen LogP contribution in [0.5, 0.6) is 0 Å². The first-order chi connectivity index (χ1) is 6.66. The highest BCUT2D eigenvalue weighted by Gasteiger charge is 2.54. The van der Waals surface area contributed by atoms with E-state index in [1.165, 1.54) is 0 Å². The number of primary amides is 1. The highest BCUT2D eigenvalue weighted by molar-refractivity contribution is 5.77. The largest absolute Gasteiger partial charge is 0.393 e. The van der Waals surface area contributed by atoms with Gasteiger partial charge in [-0.2, -0.15) is 0 Å². The molecule has 0 saturated heterocycles. The first-order valence-electron chi connectivity index (χ1n) is 5.64. The van der Waals surface area contributed by atoms with Crippen molar-refractivity contribution in [2.24, 2.45) is 35.3 Å². The molecule has 1 amide bonds. The third kappa shape index (κ3) is 0.991. The Morgan fingerprint density at radius 3 is 1.79 bits per heavy atom. The van der Waals surface area contributed by atoms with Crippen molar-refractivity contribution in [2.45, 2.75) is 31.8 Å². The highest BCUT2D eigenvalue weighted by Crippen LogP contribution is 2.56. The van der Waals surface area contributed by atoms with E-state index in [4.69, 9.17) is 5.73 Å². The van der Waals surface area contributed by atoms with E-state index in [1.807, 2.05) is 0 Å². The maximum Gasteiger partial charge on any atom is 0.221 e. The molecule has 4 bridgehead atoms. The molecule has 3 heteroatoms. The van der Waals surface area contributed by atoms with Gasteiger partial charge in [-0.25, -0.2) is 0 Å². The molecule has 0 unspecified atom stereocenters. The fourth-order valence-corrected chi connectivity index (χ4v) is 4.32. The third-order valence-electron chi connectivity index (χ3n) is 4.73. The van der Waals surface area contributed by atoms with Crippen molar-refractivity contribution in [1.82, 2.24) is 0 Å². The zero-order valence-electron chi connectivity index (χ0n) is 8.23. The molecule has 0 spiro atoms. The summed E-state index contributed by atoms with van der Waals surface area (Å²) in [5, 5.41) is 9.94. The van der Waals surface area contributed by atoms with Crippen LogP contribution in [0.15, 0.2) is 0 Å². The van der Waals surface area contributed by atoms with Gasteiger partial charge in [0.2, 0.25) is 5.91 Å². The molecule has 0 atom stereocenters. The molecule has 0 aromatic heterocycles. The molecule has 14 heavy (non-hydrogen) atoms. The number of amides is 1. The lowest BCUT2D eigenvalue weighted by Crippen LogP contribution is -2.55. The summed E-state index contributed by atoms with van der Waals surface area (Å²) >= 11 is 0. The first kappa shape index (κ1) is 8.72. The van der Waals surface area contributed by atoms with Crippen molar-refractivity contribution >= 4 is 5.91 Å². The van der Waals surface area contributed by atoms with Gasteiger partial charge >= 0.3 is 0 Å². The van der Waals surface area contributed by atoms with Crippen LogP contribution in [-0.2, 0) is 4.79 Å². The maximum absolute atomic E-state index is 11.3. The summed E-state index contributed by atoms with van der Waals surface area (Å²) in [4.78, 5) is 11.3.